The highest BCUT2D eigenvalue weighted by Crippen LogP contribution is 2.33. The van der Waals surface area contributed by atoms with Crippen LogP contribution < -0.4 is 15.0 Å². The van der Waals surface area contributed by atoms with Crippen LogP contribution in [0.15, 0.2) is 69.0 Å². The SMILES string of the molecule is COc1cc(C=Nn2c(C3CCCCC3)nc3ccc(Br)cc3c2=O)ccc1OCc1ccc(Cl)c(Cl)c1. The lowest BCUT2D eigenvalue weighted by Gasteiger charge is -2.22. The Morgan fingerprint density at radius 1 is 1.03 bits per heavy atom. The molecule has 0 unspecified atom stereocenters. The lowest BCUT2D eigenvalue weighted by Crippen LogP contribution is -2.25. The molecule has 1 aliphatic rings. The summed E-state index contributed by atoms with van der Waals surface area (Å²) in [4.78, 5) is 18.4. The van der Waals surface area contributed by atoms with E-state index in [1.807, 2.05) is 36.4 Å². The first-order valence-corrected chi connectivity index (χ1v) is 14.0. The van der Waals surface area contributed by atoms with Crippen molar-refractivity contribution in [3.8, 4) is 11.5 Å². The second kappa shape index (κ2) is 11.9. The van der Waals surface area contributed by atoms with Gasteiger partial charge in [0.15, 0.2) is 11.5 Å². The van der Waals surface area contributed by atoms with E-state index in [1.165, 1.54) is 11.1 Å². The third kappa shape index (κ3) is 5.90. The van der Waals surface area contributed by atoms with Gasteiger partial charge in [0.1, 0.15) is 12.4 Å². The molecule has 0 N–H and O–H groups in total. The molecule has 1 aliphatic carbocycles. The molecule has 0 aliphatic heterocycles. The molecule has 1 saturated carbocycles. The standard InChI is InChI=1S/C29H26BrCl2N3O3/c1-37-27-14-18(8-12-26(27)38-17-19-7-10-23(31)24(32)13-19)16-33-35-28(20-5-3-2-4-6-20)34-25-11-9-21(30)15-22(25)29(35)36/h7-16,20H,2-6,17H2,1H3. The lowest BCUT2D eigenvalue weighted by molar-refractivity contribution is 0.284. The molecule has 6 nitrogen and oxygen atoms in total. The number of aromatic nitrogens is 2. The van der Waals surface area contributed by atoms with Crippen LogP contribution in [-0.2, 0) is 6.61 Å². The van der Waals surface area contributed by atoms with Gasteiger partial charge in [-0.3, -0.25) is 4.79 Å². The minimum atomic E-state index is -0.179. The summed E-state index contributed by atoms with van der Waals surface area (Å²) in [7, 11) is 1.58. The van der Waals surface area contributed by atoms with Crippen LogP contribution in [0.3, 0.4) is 0 Å². The smallest absolute Gasteiger partial charge is 0.282 e. The predicted octanol–water partition coefficient (Wildman–Crippen LogP) is 7.98. The number of halogens is 3. The minimum absolute atomic E-state index is 0.179. The number of benzene rings is 3. The van der Waals surface area contributed by atoms with E-state index in [2.05, 4.69) is 21.0 Å². The van der Waals surface area contributed by atoms with Gasteiger partial charge in [-0.2, -0.15) is 9.78 Å². The Bertz CT molecular complexity index is 1570. The number of ether oxygens (including phenoxy) is 2. The van der Waals surface area contributed by atoms with E-state index in [-0.39, 0.29) is 11.5 Å². The zero-order valence-electron chi connectivity index (χ0n) is 20.8. The van der Waals surface area contributed by atoms with Gasteiger partial charge in [0.25, 0.3) is 5.56 Å². The van der Waals surface area contributed by atoms with Crippen molar-refractivity contribution in [1.82, 2.24) is 9.66 Å². The van der Waals surface area contributed by atoms with Crippen molar-refractivity contribution in [1.29, 1.82) is 0 Å². The fourth-order valence-electron chi connectivity index (χ4n) is 4.70. The molecule has 3 aromatic carbocycles. The van der Waals surface area contributed by atoms with E-state index >= 15 is 0 Å². The van der Waals surface area contributed by atoms with Crippen molar-refractivity contribution in [3.05, 3.63) is 96.4 Å². The fraction of sp³-hybridized carbons (Fsp3) is 0.276. The molecule has 0 amide bonds. The van der Waals surface area contributed by atoms with Gasteiger partial charge in [0, 0.05) is 10.4 Å². The summed E-state index contributed by atoms with van der Waals surface area (Å²) in [6.45, 7) is 0.305. The van der Waals surface area contributed by atoms with Crippen molar-refractivity contribution in [2.45, 2.75) is 44.6 Å². The quantitative estimate of drug-likeness (QED) is 0.198. The number of fused-ring (bicyclic) bond motifs is 1. The largest absolute Gasteiger partial charge is 0.493 e. The zero-order valence-corrected chi connectivity index (χ0v) is 23.9. The third-order valence-electron chi connectivity index (χ3n) is 6.69. The molecule has 0 saturated heterocycles. The maximum atomic E-state index is 13.5. The van der Waals surface area contributed by atoms with E-state index < -0.39 is 0 Å². The van der Waals surface area contributed by atoms with Crippen LogP contribution in [0.4, 0.5) is 0 Å². The van der Waals surface area contributed by atoms with Crippen molar-refractivity contribution >= 4 is 56.2 Å². The minimum Gasteiger partial charge on any atom is -0.493 e. The summed E-state index contributed by atoms with van der Waals surface area (Å²) in [5, 5.41) is 6.13. The van der Waals surface area contributed by atoms with Crippen molar-refractivity contribution < 1.29 is 9.47 Å². The van der Waals surface area contributed by atoms with Gasteiger partial charge in [-0.15, -0.1) is 0 Å². The maximum Gasteiger partial charge on any atom is 0.282 e. The molecule has 196 valence electrons. The van der Waals surface area contributed by atoms with Gasteiger partial charge in [-0.05, 0) is 72.5 Å². The Labute approximate surface area is 239 Å². The number of hydrogen-bond donors (Lipinski definition) is 0. The Kier molecular flexibility index (Phi) is 8.36. The first-order valence-electron chi connectivity index (χ1n) is 12.4. The van der Waals surface area contributed by atoms with Crippen LogP contribution in [0.25, 0.3) is 10.9 Å². The average Bonchev–Trinajstić information content (AvgIpc) is 2.94. The Morgan fingerprint density at radius 3 is 2.61 bits per heavy atom. The van der Waals surface area contributed by atoms with Crippen molar-refractivity contribution in [2.24, 2.45) is 5.10 Å². The predicted molar refractivity (Wildman–Crippen MR) is 156 cm³/mol. The molecule has 0 bridgehead atoms. The Morgan fingerprint density at radius 2 is 1.84 bits per heavy atom. The summed E-state index contributed by atoms with van der Waals surface area (Å²) in [5.41, 5.74) is 2.16. The number of hydrogen-bond acceptors (Lipinski definition) is 5. The first-order chi connectivity index (χ1) is 18.4. The Hall–Kier alpha value is -2.87. The van der Waals surface area contributed by atoms with Crippen molar-refractivity contribution in [2.75, 3.05) is 7.11 Å². The van der Waals surface area contributed by atoms with Crippen LogP contribution in [0.2, 0.25) is 10.0 Å². The Balaban J connectivity index is 1.45. The van der Waals surface area contributed by atoms with Crippen LogP contribution in [0.1, 0.15) is 55.0 Å². The average molecular weight is 615 g/mol. The lowest BCUT2D eigenvalue weighted by atomic mass is 9.88. The maximum absolute atomic E-state index is 13.5. The molecule has 0 atom stereocenters. The molecule has 0 spiro atoms. The molecule has 1 aromatic heterocycles. The fourth-order valence-corrected chi connectivity index (χ4v) is 5.38. The third-order valence-corrected chi connectivity index (χ3v) is 7.92. The number of nitrogens with zero attached hydrogens (tertiary/aromatic N) is 3. The highest BCUT2D eigenvalue weighted by molar-refractivity contribution is 9.10. The molecule has 9 heteroatoms. The molecule has 1 heterocycles. The summed E-state index contributed by atoms with van der Waals surface area (Å²) in [6, 6.07) is 16.5. The second-order valence-electron chi connectivity index (χ2n) is 9.28. The highest BCUT2D eigenvalue weighted by Gasteiger charge is 2.22. The van der Waals surface area contributed by atoms with Gasteiger partial charge in [0.05, 0.1) is 34.3 Å². The van der Waals surface area contributed by atoms with Gasteiger partial charge in [-0.25, -0.2) is 4.98 Å². The monoisotopic (exact) mass is 613 g/mol. The summed E-state index contributed by atoms with van der Waals surface area (Å²) in [6.07, 6.45) is 7.13. The van der Waals surface area contributed by atoms with E-state index in [1.54, 1.807) is 31.5 Å². The summed E-state index contributed by atoms with van der Waals surface area (Å²) >= 11 is 15.6. The molecular formula is C29H26BrCl2N3O3. The van der Waals surface area contributed by atoms with Gasteiger partial charge >= 0.3 is 0 Å². The van der Waals surface area contributed by atoms with Crippen LogP contribution in [0, 0.1) is 0 Å². The summed E-state index contributed by atoms with van der Waals surface area (Å²) < 4.78 is 13.8. The van der Waals surface area contributed by atoms with Crippen LogP contribution >= 0.6 is 39.1 Å². The van der Waals surface area contributed by atoms with E-state index in [0.717, 1.165) is 41.3 Å². The first kappa shape index (κ1) is 26.7. The normalized spacial score (nSPS) is 14.3. The number of methoxy groups -OCH3 is 1. The second-order valence-corrected chi connectivity index (χ2v) is 11.0. The molecule has 5 rings (SSSR count). The number of rotatable bonds is 7. The van der Waals surface area contributed by atoms with Crippen LogP contribution in [0.5, 0.6) is 11.5 Å². The highest BCUT2D eigenvalue weighted by atomic mass is 79.9. The topological polar surface area (TPSA) is 65.7 Å². The molecular weight excluding hydrogens is 589 g/mol. The summed E-state index contributed by atoms with van der Waals surface area (Å²) in [5.74, 6) is 2.05. The van der Waals surface area contributed by atoms with E-state index in [9.17, 15) is 4.79 Å². The molecule has 0 radical (unpaired) electrons. The zero-order chi connectivity index (χ0) is 26.6. The molecule has 4 aromatic rings. The van der Waals surface area contributed by atoms with E-state index in [4.69, 9.17) is 37.7 Å². The van der Waals surface area contributed by atoms with Crippen molar-refractivity contribution in [3.63, 3.8) is 0 Å². The van der Waals surface area contributed by atoms with Gasteiger partial charge < -0.3 is 9.47 Å². The van der Waals surface area contributed by atoms with E-state index in [0.29, 0.717) is 44.9 Å². The van der Waals surface area contributed by atoms with Crippen LogP contribution in [-0.4, -0.2) is 23.0 Å². The van der Waals surface area contributed by atoms with Gasteiger partial charge in [-0.1, -0.05) is 64.5 Å². The van der Waals surface area contributed by atoms with Gasteiger partial charge in [0.2, 0.25) is 0 Å². The molecule has 1 fully saturated rings. The molecule has 38 heavy (non-hydrogen) atoms.